The second-order valence-electron chi connectivity index (χ2n) is 6.33. The average Bonchev–Trinajstić information content (AvgIpc) is 2.72. The smallest absolute Gasteiger partial charge is 0.127 e. The van der Waals surface area contributed by atoms with Crippen molar-refractivity contribution in [2.24, 2.45) is 0 Å². The van der Waals surface area contributed by atoms with Gasteiger partial charge in [0.25, 0.3) is 0 Å². The molecule has 0 aromatic heterocycles. The van der Waals surface area contributed by atoms with Gasteiger partial charge in [0.05, 0.1) is 5.41 Å². The summed E-state index contributed by atoms with van der Waals surface area (Å²) in [6.07, 6.45) is 0. The van der Waals surface area contributed by atoms with Crippen LogP contribution in [0.25, 0.3) is 0 Å². The minimum atomic E-state index is -0.713. The van der Waals surface area contributed by atoms with Crippen molar-refractivity contribution in [3.63, 3.8) is 0 Å². The molecule has 0 N–H and O–H groups in total. The van der Waals surface area contributed by atoms with Crippen LogP contribution in [0.2, 0.25) is 0 Å². The van der Waals surface area contributed by atoms with Crippen LogP contribution in [0.5, 0.6) is 0 Å². The highest BCUT2D eigenvalue weighted by atomic mass is 32.1. The van der Waals surface area contributed by atoms with Gasteiger partial charge in [-0.05, 0) is 22.8 Å². The van der Waals surface area contributed by atoms with E-state index in [0.29, 0.717) is 5.56 Å². The molecule has 0 saturated carbocycles. The summed E-state index contributed by atoms with van der Waals surface area (Å²) in [5.74, 6) is -0.205. The fourth-order valence-corrected chi connectivity index (χ4v) is 3.80. The van der Waals surface area contributed by atoms with Crippen molar-refractivity contribution in [1.29, 1.82) is 0 Å². The third kappa shape index (κ3) is 3.29. The van der Waals surface area contributed by atoms with Crippen LogP contribution < -0.4 is 0 Å². The number of benzene rings is 4. The molecular formula is C25H21FS. The molecule has 0 atom stereocenters. The first-order valence-electron chi connectivity index (χ1n) is 8.75. The zero-order valence-electron chi connectivity index (χ0n) is 14.8. The van der Waals surface area contributed by atoms with Crippen molar-refractivity contribution in [2.75, 3.05) is 0 Å². The fourth-order valence-electron chi connectivity index (χ4n) is 3.80. The highest BCUT2D eigenvalue weighted by Gasteiger charge is 2.39. The molecular weight excluding hydrogens is 351 g/mol. The first kappa shape index (κ1) is 18.9. The summed E-state index contributed by atoms with van der Waals surface area (Å²) in [6, 6.07) is 37.6. The summed E-state index contributed by atoms with van der Waals surface area (Å²) in [7, 11) is 0. The number of hydrogen-bond acceptors (Lipinski definition) is 0. The lowest BCUT2D eigenvalue weighted by molar-refractivity contribution is 0.581. The van der Waals surface area contributed by atoms with E-state index in [1.165, 1.54) is 0 Å². The Labute approximate surface area is 166 Å². The van der Waals surface area contributed by atoms with Crippen LogP contribution in [0.4, 0.5) is 4.39 Å². The van der Waals surface area contributed by atoms with Gasteiger partial charge in [0, 0.05) is 5.56 Å². The van der Waals surface area contributed by atoms with Gasteiger partial charge in [0.1, 0.15) is 5.82 Å². The molecule has 0 heterocycles. The van der Waals surface area contributed by atoms with Crippen LogP contribution in [-0.2, 0) is 5.41 Å². The summed E-state index contributed by atoms with van der Waals surface area (Å²) in [5, 5.41) is 0. The van der Waals surface area contributed by atoms with Crippen molar-refractivity contribution < 1.29 is 4.39 Å². The molecule has 0 radical (unpaired) electrons. The molecule has 0 aliphatic heterocycles. The number of halogens is 1. The Hall–Kier alpha value is -2.84. The van der Waals surface area contributed by atoms with Crippen LogP contribution >= 0.6 is 13.5 Å². The predicted molar refractivity (Wildman–Crippen MR) is 115 cm³/mol. The van der Waals surface area contributed by atoms with E-state index in [0.717, 1.165) is 16.7 Å². The number of rotatable bonds is 4. The van der Waals surface area contributed by atoms with Gasteiger partial charge in [-0.25, -0.2) is 4.39 Å². The fraction of sp³-hybridized carbons (Fsp3) is 0.0400. The highest BCUT2D eigenvalue weighted by Crippen LogP contribution is 2.45. The molecule has 4 aromatic rings. The van der Waals surface area contributed by atoms with Crippen molar-refractivity contribution in [3.05, 3.63) is 143 Å². The minimum absolute atomic E-state index is 0. The first-order valence-corrected chi connectivity index (χ1v) is 8.75. The maximum absolute atomic E-state index is 15.1. The Morgan fingerprint density at radius 2 is 0.778 bits per heavy atom. The Kier molecular flexibility index (Phi) is 5.78. The molecule has 0 aliphatic carbocycles. The van der Waals surface area contributed by atoms with E-state index < -0.39 is 5.41 Å². The van der Waals surface area contributed by atoms with Gasteiger partial charge in [-0.15, -0.1) is 0 Å². The van der Waals surface area contributed by atoms with Crippen LogP contribution in [0.1, 0.15) is 22.3 Å². The molecule has 4 aromatic carbocycles. The summed E-state index contributed by atoms with van der Waals surface area (Å²) in [5.41, 5.74) is 3.07. The molecule has 0 unspecified atom stereocenters. The lowest BCUT2D eigenvalue weighted by Gasteiger charge is -2.37. The Morgan fingerprint density at radius 1 is 0.444 bits per heavy atom. The zero-order valence-corrected chi connectivity index (χ0v) is 15.8. The summed E-state index contributed by atoms with van der Waals surface area (Å²) in [6.45, 7) is 0. The van der Waals surface area contributed by atoms with Gasteiger partial charge in [-0.2, -0.15) is 13.5 Å². The van der Waals surface area contributed by atoms with E-state index in [9.17, 15) is 0 Å². The summed E-state index contributed by atoms with van der Waals surface area (Å²) >= 11 is 0. The van der Waals surface area contributed by atoms with E-state index in [1.807, 2.05) is 66.7 Å². The molecule has 0 saturated heterocycles. The van der Waals surface area contributed by atoms with Gasteiger partial charge >= 0.3 is 0 Å². The lowest BCUT2D eigenvalue weighted by atomic mass is 9.65. The zero-order chi connectivity index (χ0) is 17.8. The maximum atomic E-state index is 15.1. The highest BCUT2D eigenvalue weighted by molar-refractivity contribution is 7.59. The third-order valence-corrected chi connectivity index (χ3v) is 4.90. The van der Waals surface area contributed by atoms with Crippen molar-refractivity contribution >= 4 is 13.5 Å². The average molecular weight is 373 g/mol. The SMILES string of the molecule is Fc1ccccc1C(c1ccccc1)(c1ccccc1)c1ccccc1.S. The van der Waals surface area contributed by atoms with E-state index >= 15 is 4.39 Å². The Balaban J connectivity index is 0.00000210. The van der Waals surface area contributed by atoms with E-state index in [1.54, 1.807) is 12.1 Å². The lowest BCUT2D eigenvalue weighted by Crippen LogP contribution is -2.32. The molecule has 0 amide bonds. The van der Waals surface area contributed by atoms with Crippen LogP contribution in [0.15, 0.2) is 115 Å². The van der Waals surface area contributed by atoms with Crippen molar-refractivity contribution in [1.82, 2.24) is 0 Å². The van der Waals surface area contributed by atoms with Crippen LogP contribution in [0, 0.1) is 5.82 Å². The molecule has 0 aliphatic rings. The van der Waals surface area contributed by atoms with Gasteiger partial charge < -0.3 is 0 Å². The molecule has 0 spiro atoms. The molecule has 0 fully saturated rings. The Bertz CT molecular complexity index is 886. The third-order valence-electron chi connectivity index (χ3n) is 4.90. The number of hydrogen-bond donors (Lipinski definition) is 0. The van der Waals surface area contributed by atoms with Gasteiger partial charge in [0.15, 0.2) is 0 Å². The van der Waals surface area contributed by atoms with E-state index in [-0.39, 0.29) is 19.3 Å². The summed E-state index contributed by atoms with van der Waals surface area (Å²) in [4.78, 5) is 0. The van der Waals surface area contributed by atoms with Crippen molar-refractivity contribution in [2.45, 2.75) is 5.41 Å². The van der Waals surface area contributed by atoms with Crippen molar-refractivity contribution in [3.8, 4) is 0 Å². The quantitative estimate of drug-likeness (QED) is 0.368. The molecule has 27 heavy (non-hydrogen) atoms. The van der Waals surface area contributed by atoms with Crippen LogP contribution in [-0.4, -0.2) is 0 Å². The maximum Gasteiger partial charge on any atom is 0.127 e. The molecule has 2 heteroatoms. The van der Waals surface area contributed by atoms with Gasteiger partial charge in [0.2, 0.25) is 0 Å². The molecule has 0 nitrogen and oxygen atoms in total. The monoisotopic (exact) mass is 372 g/mol. The van der Waals surface area contributed by atoms with Crippen LogP contribution in [0.3, 0.4) is 0 Å². The van der Waals surface area contributed by atoms with Gasteiger partial charge in [-0.3, -0.25) is 0 Å². The standard InChI is InChI=1S/C25H19F.H2S/c26-24-19-11-10-18-23(24)25(20-12-4-1-5-13-20,21-14-6-2-7-15-21)22-16-8-3-9-17-22;/h1-19H;1H2. The molecule has 134 valence electrons. The Morgan fingerprint density at radius 3 is 1.15 bits per heavy atom. The summed E-state index contributed by atoms with van der Waals surface area (Å²) < 4.78 is 15.1. The first-order chi connectivity index (χ1) is 12.8. The van der Waals surface area contributed by atoms with E-state index in [2.05, 4.69) is 36.4 Å². The predicted octanol–water partition coefficient (Wildman–Crippen LogP) is 6.32. The minimum Gasteiger partial charge on any atom is -0.207 e. The van der Waals surface area contributed by atoms with Gasteiger partial charge in [-0.1, -0.05) is 109 Å². The molecule has 4 rings (SSSR count). The largest absolute Gasteiger partial charge is 0.207 e. The second kappa shape index (κ2) is 8.24. The normalized spacial score (nSPS) is 10.9. The topological polar surface area (TPSA) is 0 Å². The molecule has 0 bridgehead atoms. The van der Waals surface area contributed by atoms with E-state index in [4.69, 9.17) is 0 Å². The second-order valence-corrected chi connectivity index (χ2v) is 6.33.